The fraction of sp³-hybridized carbons (Fsp3) is 0.500. The predicted molar refractivity (Wildman–Crippen MR) is 86.3 cm³/mol. The van der Waals surface area contributed by atoms with E-state index in [-0.39, 0.29) is 5.91 Å². The Morgan fingerprint density at radius 2 is 2.17 bits per heavy atom. The van der Waals surface area contributed by atoms with Crippen LogP contribution in [-0.2, 0) is 0 Å². The van der Waals surface area contributed by atoms with E-state index in [2.05, 4.69) is 32.4 Å². The molecule has 1 saturated heterocycles. The Hall–Kier alpha value is -2.28. The van der Waals surface area contributed by atoms with Crippen molar-refractivity contribution in [2.75, 3.05) is 26.7 Å². The Bertz CT molecular complexity index is 642. The van der Waals surface area contributed by atoms with Gasteiger partial charge < -0.3 is 10.2 Å². The molecule has 0 bridgehead atoms. The molecule has 23 heavy (non-hydrogen) atoms. The molecule has 7 nitrogen and oxygen atoms in total. The van der Waals surface area contributed by atoms with Crippen LogP contribution in [0, 0.1) is 5.92 Å². The van der Waals surface area contributed by atoms with Gasteiger partial charge in [0.25, 0.3) is 5.91 Å². The van der Waals surface area contributed by atoms with Crippen LogP contribution in [0.15, 0.2) is 30.9 Å². The summed E-state index contributed by atoms with van der Waals surface area (Å²) in [6, 6.07) is 5.35. The van der Waals surface area contributed by atoms with E-state index in [1.807, 2.05) is 12.1 Å². The highest BCUT2D eigenvalue weighted by Crippen LogP contribution is 2.17. The van der Waals surface area contributed by atoms with E-state index in [9.17, 15) is 4.79 Å². The summed E-state index contributed by atoms with van der Waals surface area (Å²) in [5.41, 5.74) is 0.414. The van der Waals surface area contributed by atoms with Gasteiger partial charge in [-0.25, -0.2) is 4.98 Å². The molecule has 7 heteroatoms. The van der Waals surface area contributed by atoms with Gasteiger partial charge in [0.2, 0.25) is 0 Å². The smallest absolute Gasteiger partial charge is 0.269 e. The highest BCUT2D eigenvalue weighted by atomic mass is 16.1. The second-order valence-electron chi connectivity index (χ2n) is 6.07. The monoisotopic (exact) mass is 314 g/mol. The van der Waals surface area contributed by atoms with E-state index in [4.69, 9.17) is 0 Å². The first-order chi connectivity index (χ1) is 11.2. The van der Waals surface area contributed by atoms with Gasteiger partial charge in [-0.05, 0) is 50.9 Å². The molecule has 2 aromatic heterocycles. The largest absolute Gasteiger partial charge is 0.351 e. The van der Waals surface area contributed by atoms with Gasteiger partial charge in [-0.3, -0.25) is 9.36 Å². The summed E-state index contributed by atoms with van der Waals surface area (Å²) in [5, 5.41) is 10.5. The fourth-order valence-corrected chi connectivity index (χ4v) is 3.00. The number of likely N-dealkylation sites (tertiary alicyclic amines) is 1. The molecule has 0 spiro atoms. The number of nitrogens with one attached hydrogen (secondary N) is 1. The maximum atomic E-state index is 12.2. The number of hydrogen-bond donors (Lipinski definition) is 1. The summed E-state index contributed by atoms with van der Waals surface area (Å²) >= 11 is 0. The summed E-state index contributed by atoms with van der Waals surface area (Å²) < 4.78 is 1.68. The van der Waals surface area contributed by atoms with Crippen LogP contribution in [0.1, 0.15) is 29.8 Å². The number of aromatic nitrogens is 4. The van der Waals surface area contributed by atoms with Crippen molar-refractivity contribution in [3.05, 3.63) is 36.5 Å². The van der Waals surface area contributed by atoms with Crippen molar-refractivity contribution >= 4 is 5.91 Å². The molecule has 0 radical (unpaired) electrons. The Labute approximate surface area is 135 Å². The van der Waals surface area contributed by atoms with E-state index < -0.39 is 0 Å². The number of amides is 1. The molecule has 1 fully saturated rings. The minimum atomic E-state index is -0.135. The lowest BCUT2D eigenvalue weighted by Gasteiger charge is -2.29. The van der Waals surface area contributed by atoms with Gasteiger partial charge in [0.1, 0.15) is 24.2 Å². The summed E-state index contributed by atoms with van der Waals surface area (Å²) in [5.74, 6) is 1.17. The molecule has 2 aromatic rings. The van der Waals surface area contributed by atoms with Gasteiger partial charge in [-0.15, -0.1) is 10.2 Å². The fourth-order valence-electron chi connectivity index (χ4n) is 3.00. The van der Waals surface area contributed by atoms with Gasteiger partial charge in [0.15, 0.2) is 0 Å². The lowest BCUT2D eigenvalue weighted by Crippen LogP contribution is -2.34. The quantitative estimate of drug-likeness (QED) is 0.895. The first-order valence-electron chi connectivity index (χ1n) is 8.01. The Balaban J connectivity index is 1.53. The molecule has 1 atom stereocenters. The summed E-state index contributed by atoms with van der Waals surface area (Å²) in [7, 11) is 2.16. The van der Waals surface area contributed by atoms with Crippen LogP contribution in [0.3, 0.4) is 0 Å². The molecule has 1 aliphatic heterocycles. The van der Waals surface area contributed by atoms with E-state index in [1.54, 1.807) is 23.3 Å². The van der Waals surface area contributed by atoms with Crippen molar-refractivity contribution in [1.82, 2.24) is 30.0 Å². The maximum Gasteiger partial charge on any atom is 0.269 e. The Morgan fingerprint density at radius 1 is 1.35 bits per heavy atom. The minimum Gasteiger partial charge on any atom is -0.351 e. The zero-order chi connectivity index (χ0) is 16.1. The number of nitrogens with zero attached hydrogens (tertiary/aromatic N) is 5. The summed E-state index contributed by atoms with van der Waals surface area (Å²) in [6.07, 6.45) is 6.63. The minimum absolute atomic E-state index is 0.135. The summed E-state index contributed by atoms with van der Waals surface area (Å²) in [6.45, 7) is 3.00. The van der Waals surface area contributed by atoms with Gasteiger partial charge in [-0.1, -0.05) is 6.07 Å². The van der Waals surface area contributed by atoms with Crippen molar-refractivity contribution < 1.29 is 4.79 Å². The van der Waals surface area contributed by atoms with Crippen molar-refractivity contribution in [2.45, 2.75) is 19.3 Å². The summed E-state index contributed by atoms with van der Waals surface area (Å²) in [4.78, 5) is 19.0. The number of rotatable bonds is 5. The van der Waals surface area contributed by atoms with Crippen LogP contribution in [0.2, 0.25) is 0 Å². The van der Waals surface area contributed by atoms with Crippen LogP contribution in [0.25, 0.3) is 5.82 Å². The molecule has 1 amide bonds. The molecule has 1 N–H and O–H groups in total. The van der Waals surface area contributed by atoms with Crippen LogP contribution in [0.5, 0.6) is 0 Å². The lowest BCUT2D eigenvalue weighted by atomic mass is 9.95. The van der Waals surface area contributed by atoms with E-state index in [0.29, 0.717) is 24.0 Å². The molecule has 0 saturated carbocycles. The van der Waals surface area contributed by atoms with Crippen molar-refractivity contribution in [2.24, 2.45) is 5.92 Å². The molecule has 1 unspecified atom stereocenters. The number of carbonyl (C=O) groups excluding carboxylic acids is 1. The van der Waals surface area contributed by atoms with Crippen LogP contribution >= 0.6 is 0 Å². The van der Waals surface area contributed by atoms with E-state index in [1.165, 1.54) is 19.4 Å². The van der Waals surface area contributed by atoms with Crippen LogP contribution in [0.4, 0.5) is 0 Å². The van der Waals surface area contributed by atoms with Gasteiger partial charge in [-0.2, -0.15) is 0 Å². The topological polar surface area (TPSA) is 75.9 Å². The molecule has 0 aliphatic carbocycles. The molecule has 3 rings (SSSR count). The number of carbonyl (C=O) groups is 1. The normalized spacial score (nSPS) is 18.7. The Morgan fingerprint density at radius 3 is 2.96 bits per heavy atom. The maximum absolute atomic E-state index is 12.2. The number of hydrogen-bond acceptors (Lipinski definition) is 5. The van der Waals surface area contributed by atoms with Crippen molar-refractivity contribution in [3.8, 4) is 5.82 Å². The number of piperidine rings is 1. The van der Waals surface area contributed by atoms with Crippen LogP contribution in [-0.4, -0.2) is 57.2 Å². The van der Waals surface area contributed by atoms with E-state index >= 15 is 0 Å². The molecular formula is C16H22N6O. The first kappa shape index (κ1) is 15.6. The molecular weight excluding hydrogens is 292 g/mol. The number of pyridine rings is 1. The zero-order valence-electron chi connectivity index (χ0n) is 13.4. The lowest BCUT2D eigenvalue weighted by molar-refractivity contribution is 0.0943. The highest BCUT2D eigenvalue weighted by molar-refractivity contribution is 5.92. The SMILES string of the molecule is CN1CCCC(CCNC(=O)c2cccc(-n3cnnc3)n2)C1. The molecule has 1 aliphatic rings. The molecule has 0 aromatic carbocycles. The zero-order valence-corrected chi connectivity index (χ0v) is 13.4. The van der Waals surface area contributed by atoms with Gasteiger partial charge in [0, 0.05) is 13.1 Å². The van der Waals surface area contributed by atoms with E-state index in [0.717, 1.165) is 13.0 Å². The Kier molecular flexibility index (Phi) is 4.97. The second kappa shape index (κ2) is 7.32. The third-order valence-corrected chi connectivity index (χ3v) is 4.21. The molecule has 122 valence electrons. The third kappa shape index (κ3) is 4.13. The first-order valence-corrected chi connectivity index (χ1v) is 8.01. The van der Waals surface area contributed by atoms with Gasteiger partial charge >= 0.3 is 0 Å². The predicted octanol–water partition coefficient (Wildman–Crippen LogP) is 1.12. The second-order valence-corrected chi connectivity index (χ2v) is 6.07. The average molecular weight is 314 g/mol. The molecule has 3 heterocycles. The van der Waals surface area contributed by atoms with Crippen molar-refractivity contribution in [1.29, 1.82) is 0 Å². The average Bonchev–Trinajstić information content (AvgIpc) is 3.09. The van der Waals surface area contributed by atoms with Gasteiger partial charge in [0.05, 0.1) is 0 Å². The van der Waals surface area contributed by atoms with Crippen LogP contribution < -0.4 is 5.32 Å². The van der Waals surface area contributed by atoms with Crippen molar-refractivity contribution in [3.63, 3.8) is 0 Å². The highest BCUT2D eigenvalue weighted by Gasteiger charge is 2.17. The standard InChI is InChI=1S/C16H22N6O/c1-21-9-3-4-13(10-21)7-8-17-16(23)14-5-2-6-15(20-14)22-11-18-19-12-22/h2,5-6,11-13H,3-4,7-10H2,1H3,(H,17,23). The third-order valence-electron chi connectivity index (χ3n) is 4.21.